The van der Waals surface area contributed by atoms with Crippen molar-refractivity contribution in [2.45, 2.75) is 19.3 Å². The van der Waals surface area contributed by atoms with Crippen LogP contribution in [-0.4, -0.2) is 14.3 Å². The Balaban J connectivity index is 1.89. The van der Waals surface area contributed by atoms with Crippen molar-refractivity contribution in [2.75, 3.05) is 0 Å². The van der Waals surface area contributed by atoms with Gasteiger partial charge in [-0.2, -0.15) is 9.38 Å². The van der Waals surface area contributed by atoms with Gasteiger partial charge in [-0.05, 0) is 47.0 Å². The summed E-state index contributed by atoms with van der Waals surface area (Å²) in [6.07, 6.45) is 6.64. The zero-order valence-electron chi connectivity index (χ0n) is 11.7. The van der Waals surface area contributed by atoms with Crippen LogP contribution in [-0.2, 0) is 6.42 Å². The molecule has 0 unspecified atom stereocenters. The molecule has 6 heteroatoms. The molecule has 3 aromatic rings. The lowest BCUT2D eigenvalue weighted by atomic mass is 9.87. The van der Waals surface area contributed by atoms with Crippen LogP contribution in [0.25, 0.3) is 16.6 Å². The standard InChI is InChI=1S/C16H13N3O2S/c20-19(21)15-14(17-16-18(15)8-9-22-16)10-12-6-3-5-11-4-1-2-7-13(11)12/h1-2,4,7-10H,3,5-6H2/b12-10+. The Kier molecular flexibility index (Phi) is 3.04. The molecule has 0 fully saturated rings. The van der Waals surface area contributed by atoms with Crippen LogP contribution < -0.4 is 0 Å². The fourth-order valence-corrected chi connectivity index (χ4v) is 3.76. The molecule has 0 radical (unpaired) electrons. The minimum absolute atomic E-state index is 0.0480. The van der Waals surface area contributed by atoms with Crippen LogP contribution in [0, 0.1) is 10.1 Å². The molecule has 2 heterocycles. The number of fused-ring (bicyclic) bond motifs is 2. The van der Waals surface area contributed by atoms with E-state index < -0.39 is 0 Å². The van der Waals surface area contributed by atoms with Gasteiger partial charge in [-0.1, -0.05) is 35.6 Å². The zero-order chi connectivity index (χ0) is 15.1. The Labute approximate surface area is 130 Å². The monoisotopic (exact) mass is 311 g/mol. The SMILES string of the molecule is O=[N+]([O-])c1c(/C=C2\CCCc3ccccc32)nc2sccn12. The van der Waals surface area contributed by atoms with Gasteiger partial charge < -0.3 is 10.1 Å². The normalized spacial score (nSPS) is 16.1. The molecule has 0 amide bonds. The van der Waals surface area contributed by atoms with Crippen molar-refractivity contribution in [1.82, 2.24) is 9.38 Å². The summed E-state index contributed by atoms with van der Waals surface area (Å²) < 4.78 is 1.55. The van der Waals surface area contributed by atoms with Gasteiger partial charge in [0, 0.05) is 5.38 Å². The van der Waals surface area contributed by atoms with Gasteiger partial charge in [0.05, 0.1) is 0 Å². The highest BCUT2D eigenvalue weighted by Gasteiger charge is 2.23. The largest absolute Gasteiger partial charge is 0.358 e. The topological polar surface area (TPSA) is 60.4 Å². The second kappa shape index (κ2) is 5.06. The van der Waals surface area contributed by atoms with Crippen molar-refractivity contribution >= 4 is 33.8 Å². The summed E-state index contributed by atoms with van der Waals surface area (Å²) >= 11 is 1.41. The number of hydrogen-bond acceptors (Lipinski definition) is 4. The summed E-state index contributed by atoms with van der Waals surface area (Å²) in [5.41, 5.74) is 4.09. The van der Waals surface area contributed by atoms with Crippen molar-refractivity contribution in [3.05, 3.63) is 62.8 Å². The Morgan fingerprint density at radius 1 is 1.32 bits per heavy atom. The fourth-order valence-electron chi connectivity index (χ4n) is 3.04. The van der Waals surface area contributed by atoms with Crippen LogP contribution in [0.1, 0.15) is 29.7 Å². The van der Waals surface area contributed by atoms with Crippen molar-refractivity contribution in [3.63, 3.8) is 0 Å². The Bertz CT molecular complexity index is 907. The predicted molar refractivity (Wildman–Crippen MR) is 87.0 cm³/mol. The number of hydrogen-bond donors (Lipinski definition) is 0. The second-order valence-electron chi connectivity index (χ2n) is 5.31. The maximum absolute atomic E-state index is 11.4. The molecule has 0 saturated carbocycles. The van der Waals surface area contributed by atoms with E-state index in [0.29, 0.717) is 10.7 Å². The van der Waals surface area contributed by atoms with Gasteiger partial charge in [-0.25, -0.2) is 0 Å². The first-order chi connectivity index (χ1) is 10.7. The summed E-state index contributed by atoms with van der Waals surface area (Å²) in [5, 5.41) is 13.2. The Hall–Kier alpha value is -2.47. The van der Waals surface area contributed by atoms with E-state index in [2.05, 4.69) is 17.1 Å². The molecule has 4 rings (SSSR count). The van der Waals surface area contributed by atoms with Gasteiger partial charge in [-0.15, -0.1) is 0 Å². The molecule has 0 atom stereocenters. The minimum atomic E-state index is -0.353. The molecule has 2 aromatic heterocycles. The van der Waals surface area contributed by atoms with E-state index in [0.717, 1.165) is 24.8 Å². The number of benzene rings is 1. The highest BCUT2D eigenvalue weighted by Crippen LogP contribution is 2.34. The minimum Gasteiger partial charge on any atom is -0.358 e. The van der Waals surface area contributed by atoms with Gasteiger partial charge in [-0.3, -0.25) is 0 Å². The quantitative estimate of drug-likeness (QED) is 0.527. The van der Waals surface area contributed by atoms with Gasteiger partial charge in [0.2, 0.25) is 0 Å². The number of aromatic nitrogens is 2. The molecule has 22 heavy (non-hydrogen) atoms. The molecule has 1 aliphatic rings. The number of rotatable bonds is 2. The van der Waals surface area contributed by atoms with Gasteiger partial charge >= 0.3 is 5.82 Å². The summed E-state index contributed by atoms with van der Waals surface area (Å²) in [4.78, 5) is 16.1. The van der Waals surface area contributed by atoms with Crippen LogP contribution in [0.15, 0.2) is 35.8 Å². The third-order valence-electron chi connectivity index (χ3n) is 4.00. The van der Waals surface area contributed by atoms with E-state index >= 15 is 0 Å². The first kappa shape index (κ1) is 13.2. The van der Waals surface area contributed by atoms with Gasteiger partial charge in [0.25, 0.3) is 4.96 Å². The van der Waals surface area contributed by atoms with Crippen LogP contribution in [0.5, 0.6) is 0 Å². The third-order valence-corrected chi connectivity index (χ3v) is 4.76. The lowest BCUT2D eigenvalue weighted by Crippen LogP contribution is -2.01. The molecule has 0 saturated heterocycles. The van der Waals surface area contributed by atoms with E-state index in [9.17, 15) is 10.1 Å². The number of nitrogens with zero attached hydrogens (tertiary/aromatic N) is 3. The number of allylic oxidation sites excluding steroid dienone is 1. The lowest BCUT2D eigenvalue weighted by molar-refractivity contribution is -0.390. The fraction of sp³-hybridized carbons (Fsp3) is 0.188. The number of thiazole rings is 1. The molecular formula is C16H13N3O2S. The average molecular weight is 311 g/mol. The van der Waals surface area contributed by atoms with Gasteiger partial charge in [0.15, 0.2) is 5.69 Å². The first-order valence-corrected chi connectivity index (χ1v) is 8.01. The van der Waals surface area contributed by atoms with Crippen LogP contribution in [0.3, 0.4) is 0 Å². The lowest BCUT2D eigenvalue weighted by Gasteiger charge is -2.18. The predicted octanol–water partition coefficient (Wildman–Crippen LogP) is 4.18. The van der Waals surface area contributed by atoms with Crippen molar-refractivity contribution in [2.24, 2.45) is 0 Å². The van der Waals surface area contributed by atoms with Crippen LogP contribution in [0.4, 0.5) is 5.82 Å². The number of nitro groups is 1. The first-order valence-electron chi connectivity index (χ1n) is 7.13. The van der Waals surface area contributed by atoms with Crippen molar-refractivity contribution < 1.29 is 4.92 Å². The zero-order valence-corrected chi connectivity index (χ0v) is 12.5. The maximum Gasteiger partial charge on any atom is 0.356 e. The molecule has 110 valence electrons. The van der Waals surface area contributed by atoms with E-state index in [1.807, 2.05) is 23.6 Å². The highest BCUT2D eigenvalue weighted by molar-refractivity contribution is 7.15. The molecule has 5 nitrogen and oxygen atoms in total. The smallest absolute Gasteiger partial charge is 0.356 e. The maximum atomic E-state index is 11.4. The molecule has 0 bridgehead atoms. The van der Waals surface area contributed by atoms with E-state index in [-0.39, 0.29) is 10.7 Å². The third kappa shape index (κ3) is 2.03. The highest BCUT2D eigenvalue weighted by atomic mass is 32.1. The molecule has 0 N–H and O–H groups in total. The van der Waals surface area contributed by atoms with Crippen LogP contribution >= 0.6 is 11.3 Å². The Morgan fingerprint density at radius 3 is 3.05 bits per heavy atom. The van der Waals surface area contributed by atoms with E-state index in [1.165, 1.54) is 22.5 Å². The van der Waals surface area contributed by atoms with Gasteiger partial charge in [0.1, 0.15) is 6.20 Å². The summed E-state index contributed by atoms with van der Waals surface area (Å²) in [7, 11) is 0. The van der Waals surface area contributed by atoms with E-state index in [4.69, 9.17) is 0 Å². The second-order valence-corrected chi connectivity index (χ2v) is 6.19. The molecule has 0 spiro atoms. The van der Waals surface area contributed by atoms with E-state index in [1.54, 1.807) is 10.6 Å². The molecular weight excluding hydrogens is 298 g/mol. The summed E-state index contributed by atoms with van der Waals surface area (Å²) in [5.74, 6) is 0.0480. The Morgan fingerprint density at radius 2 is 2.18 bits per heavy atom. The molecule has 1 aliphatic carbocycles. The van der Waals surface area contributed by atoms with Crippen molar-refractivity contribution in [1.29, 1.82) is 0 Å². The average Bonchev–Trinajstić information content (AvgIpc) is 3.07. The van der Waals surface area contributed by atoms with Crippen LogP contribution in [0.2, 0.25) is 0 Å². The summed E-state index contributed by atoms with van der Waals surface area (Å²) in [6, 6.07) is 8.27. The number of aryl methyl sites for hydroxylation is 1. The molecule has 1 aromatic carbocycles. The molecule has 0 aliphatic heterocycles. The summed E-state index contributed by atoms with van der Waals surface area (Å²) in [6.45, 7) is 0. The van der Waals surface area contributed by atoms with Crippen molar-refractivity contribution in [3.8, 4) is 0 Å². The number of imidazole rings is 1.